The predicted octanol–water partition coefficient (Wildman–Crippen LogP) is 3.27. The summed E-state index contributed by atoms with van der Waals surface area (Å²) in [6, 6.07) is 12.2. The number of sulfonamides is 1. The maximum Gasteiger partial charge on any atom is 0.270 e. The molecule has 2 heterocycles. The number of hydrogen-bond donors (Lipinski definition) is 2. The molecule has 0 bridgehead atoms. The fourth-order valence-electron chi connectivity index (χ4n) is 3.50. The zero-order chi connectivity index (χ0) is 23.6. The summed E-state index contributed by atoms with van der Waals surface area (Å²) >= 11 is 0. The van der Waals surface area contributed by atoms with Gasteiger partial charge in [-0.2, -0.15) is 0 Å². The van der Waals surface area contributed by atoms with Gasteiger partial charge in [0.1, 0.15) is 5.52 Å². The molecule has 0 saturated heterocycles. The first-order valence-electron chi connectivity index (χ1n) is 10.2. The van der Waals surface area contributed by atoms with Gasteiger partial charge in [-0.25, -0.2) is 31.9 Å². The van der Waals surface area contributed by atoms with Gasteiger partial charge in [-0.05, 0) is 18.2 Å². The van der Waals surface area contributed by atoms with Crippen molar-refractivity contribution in [2.75, 3.05) is 25.5 Å². The Morgan fingerprint density at radius 1 is 1.12 bits per heavy atom. The van der Waals surface area contributed by atoms with Crippen molar-refractivity contribution < 1.29 is 21.9 Å². The molecule has 0 radical (unpaired) electrons. The highest BCUT2D eigenvalue weighted by Crippen LogP contribution is 2.28. The molecule has 2 aromatic heterocycles. The van der Waals surface area contributed by atoms with Crippen molar-refractivity contribution in [2.24, 2.45) is 0 Å². The van der Waals surface area contributed by atoms with Crippen LogP contribution in [0, 0.1) is 0 Å². The first-order chi connectivity index (χ1) is 15.7. The monoisotopic (exact) mass is 475 g/mol. The van der Waals surface area contributed by atoms with Crippen molar-refractivity contribution in [3.8, 4) is 0 Å². The molecule has 0 saturated carbocycles. The van der Waals surface area contributed by atoms with Gasteiger partial charge in [0.15, 0.2) is 5.82 Å². The van der Waals surface area contributed by atoms with Crippen molar-refractivity contribution in [3.05, 3.63) is 60.4 Å². The van der Waals surface area contributed by atoms with Crippen LogP contribution >= 0.6 is 0 Å². The molecule has 8 nitrogen and oxygen atoms in total. The molecule has 0 atom stereocenters. The number of aromatic nitrogens is 3. The summed E-state index contributed by atoms with van der Waals surface area (Å²) in [4.78, 5) is 8.64. The van der Waals surface area contributed by atoms with Crippen molar-refractivity contribution in [1.29, 1.82) is 0 Å². The van der Waals surface area contributed by atoms with Gasteiger partial charge in [0.05, 0.1) is 35.5 Å². The summed E-state index contributed by atoms with van der Waals surface area (Å²) in [5.74, 6) is -2.67. The number of imidazole rings is 1. The van der Waals surface area contributed by atoms with Gasteiger partial charge >= 0.3 is 0 Å². The average molecular weight is 476 g/mol. The highest BCUT2D eigenvalue weighted by molar-refractivity contribution is 7.89. The second-order valence-electron chi connectivity index (χ2n) is 7.57. The number of nitrogen functional groups attached to an aromatic ring is 1. The number of benzene rings is 2. The molecular weight excluding hydrogens is 452 g/mol. The highest BCUT2D eigenvalue weighted by Gasteiger charge is 2.24. The third kappa shape index (κ3) is 4.95. The molecule has 0 aliphatic rings. The smallest absolute Gasteiger partial charge is 0.270 e. The summed E-state index contributed by atoms with van der Waals surface area (Å²) < 4.78 is 61.1. The van der Waals surface area contributed by atoms with Gasteiger partial charge in [-0.3, -0.25) is 0 Å². The highest BCUT2D eigenvalue weighted by atomic mass is 32.2. The van der Waals surface area contributed by atoms with Crippen LogP contribution in [0.15, 0.2) is 59.8 Å². The molecule has 2 aromatic carbocycles. The fourth-order valence-corrected chi connectivity index (χ4v) is 4.51. The number of hydrogen-bond acceptors (Lipinski definition) is 6. The summed E-state index contributed by atoms with van der Waals surface area (Å²) in [7, 11) is -3.82. The summed E-state index contributed by atoms with van der Waals surface area (Å²) in [5, 5.41) is 0.929. The third-order valence-electron chi connectivity index (χ3n) is 5.17. The second kappa shape index (κ2) is 9.00. The van der Waals surface area contributed by atoms with Crippen LogP contribution in [-0.2, 0) is 27.2 Å². The van der Waals surface area contributed by atoms with E-state index in [0.29, 0.717) is 24.5 Å². The number of para-hydroxylation sites is 1. The van der Waals surface area contributed by atoms with Gasteiger partial charge in [0.2, 0.25) is 10.0 Å². The molecule has 0 aliphatic heterocycles. The van der Waals surface area contributed by atoms with Gasteiger partial charge < -0.3 is 15.0 Å². The van der Waals surface area contributed by atoms with Crippen LogP contribution < -0.4 is 10.5 Å². The largest absolute Gasteiger partial charge is 0.382 e. The lowest BCUT2D eigenvalue weighted by Gasteiger charge is -2.12. The van der Waals surface area contributed by atoms with Crippen molar-refractivity contribution in [1.82, 2.24) is 19.3 Å². The average Bonchev–Trinajstić information content (AvgIpc) is 3.21. The second-order valence-corrected chi connectivity index (χ2v) is 9.34. The van der Waals surface area contributed by atoms with Crippen molar-refractivity contribution >= 4 is 37.8 Å². The summed E-state index contributed by atoms with van der Waals surface area (Å²) in [6.45, 7) is 1.75. The van der Waals surface area contributed by atoms with Crippen LogP contribution in [0.25, 0.3) is 21.9 Å². The number of nitrogens with one attached hydrogen (secondary N) is 1. The third-order valence-corrected chi connectivity index (χ3v) is 6.64. The molecule has 4 aromatic rings. The number of alkyl halides is 2. The Morgan fingerprint density at radius 2 is 1.85 bits per heavy atom. The minimum absolute atomic E-state index is 0.0402. The minimum Gasteiger partial charge on any atom is -0.382 e. The van der Waals surface area contributed by atoms with Crippen LogP contribution in [0.1, 0.15) is 12.5 Å². The molecular formula is C22H23F2N5O3S. The van der Waals surface area contributed by atoms with Gasteiger partial charge in [0.25, 0.3) is 5.92 Å². The Kier molecular flexibility index (Phi) is 6.28. The zero-order valence-electron chi connectivity index (χ0n) is 17.8. The Hall–Kier alpha value is -3.15. The van der Waals surface area contributed by atoms with E-state index in [4.69, 9.17) is 10.5 Å². The number of nitrogens with two attached hydrogens (primary N) is 1. The molecule has 0 aliphatic carbocycles. The van der Waals surface area contributed by atoms with E-state index in [1.54, 1.807) is 6.33 Å². The summed E-state index contributed by atoms with van der Waals surface area (Å²) in [6.07, 6.45) is 1.67. The fraction of sp³-hybridized carbons (Fsp3) is 0.273. The number of ether oxygens (including phenoxy) is 1. The molecule has 0 amide bonds. The summed E-state index contributed by atoms with van der Waals surface area (Å²) in [5.41, 5.74) is 8.04. The quantitative estimate of drug-likeness (QED) is 0.359. The lowest BCUT2D eigenvalue weighted by atomic mass is 10.1. The molecule has 0 spiro atoms. The lowest BCUT2D eigenvalue weighted by Crippen LogP contribution is -2.28. The first kappa shape index (κ1) is 23.0. The van der Waals surface area contributed by atoms with Gasteiger partial charge in [-0.1, -0.05) is 30.3 Å². The standard InChI is InChI=1S/C22H23F2N5O3S/c1-22(23,24)15-6-8-16(9-7-15)33(30,31)27-10-12-32-13-11-29-14-26-19-20(29)17-4-2-3-5-18(17)28-21(19)25/h2-9,14,27H,10-13H2,1H3,(H2,25,28). The van der Waals surface area contributed by atoms with E-state index in [-0.39, 0.29) is 23.6 Å². The molecule has 33 heavy (non-hydrogen) atoms. The predicted molar refractivity (Wildman–Crippen MR) is 121 cm³/mol. The van der Waals surface area contributed by atoms with E-state index in [9.17, 15) is 17.2 Å². The Morgan fingerprint density at radius 3 is 2.58 bits per heavy atom. The van der Waals surface area contributed by atoms with Gasteiger partial charge in [-0.15, -0.1) is 0 Å². The van der Waals surface area contributed by atoms with E-state index in [1.807, 2.05) is 28.8 Å². The number of rotatable bonds is 9. The number of halogens is 2. The first-order valence-corrected chi connectivity index (χ1v) is 11.7. The molecule has 0 unspecified atom stereocenters. The lowest BCUT2D eigenvalue weighted by molar-refractivity contribution is 0.0174. The van der Waals surface area contributed by atoms with E-state index >= 15 is 0 Å². The van der Waals surface area contributed by atoms with E-state index in [1.165, 1.54) is 0 Å². The van der Waals surface area contributed by atoms with E-state index in [0.717, 1.165) is 47.6 Å². The minimum atomic E-state index is -3.82. The van der Waals surface area contributed by atoms with Crippen molar-refractivity contribution in [2.45, 2.75) is 24.3 Å². The Bertz CT molecular complexity index is 1380. The Balaban J connectivity index is 1.32. The van der Waals surface area contributed by atoms with Crippen molar-refractivity contribution in [3.63, 3.8) is 0 Å². The number of pyridine rings is 1. The maximum atomic E-state index is 13.3. The number of fused-ring (bicyclic) bond motifs is 3. The molecule has 11 heteroatoms. The SMILES string of the molecule is CC(F)(F)c1ccc(S(=O)(=O)NCCOCCn2cnc3c(N)nc4ccccc4c32)cc1. The molecule has 3 N–H and O–H groups in total. The van der Waals surface area contributed by atoms with Crippen LogP contribution in [0.3, 0.4) is 0 Å². The molecule has 4 rings (SSSR count). The topological polar surface area (TPSA) is 112 Å². The van der Waals surface area contributed by atoms with Crippen LogP contribution in [-0.4, -0.2) is 42.7 Å². The van der Waals surface area contributed by atoms with E-state index < -0.39 is 15.9 Å². The molecule has 0 fully saturated rings. The van der Waals surface area contributed by atoms with Crippen LogP contribution in [0.4, 0.5) is 14.6 Å². The number of anilines is 1. The van der Waals surface area contributed by atoms with Gasteiger partial charge in [0, 0.05) is 31.0 Å². The Labute approximate surface area is 189 Å². The maximum absolute atomic E-state index is 13.3. The van der Waals surface area contributed by atoms with Crippen LogP contribution in [0.2, 0.25) is 0 Å². The van der Waals surface area contributed by atoms with E-state index in [2.05, 4.69) is 14.7 Å². The molecule has 174 valence electrons. The number of nitrogens with zero attached hydrogens (tertiary/aromatic N) is 3. The zero-order valence-corrected chi connectivity index (χ0v) is 18.6. The normalized spacial score (nSPS) is 12.6. The van der Waals surface area contributed by atoms with Crippen LogP contribution in [0.5, 0.6) is 0 Å².